The fourth-order valence-corrected chi connectivity index (χ4v) is 2.07. The molecule has 0 spiro atoms. The lowest BCUT2D eigenvalue weighted by molar-refractivity contribution is -0.701. The fourth-order valence-electron chi connectivity index (χ4n) is 1.38. The zero-order valence-corrected chi connectivity index (χ0v) is 8.94. The van der Waals surface area contributed by atoms with Gasteiger partial charge in [-0.1, -0.05) is 6.92 Å². The number of nitrogens with zero attached hydrogens (tertiary/aromatic N) is 2. The predicted octanol–water partition coefficient (Wildman–Crippen LogP) is 0.904. The van der Waals surface area contributed by atoms with Crippen LogP contribution in [-0.4, -0.2) is 35.0 Å². The van der Waals surface area contributed by atoms with Crippen LogP contribution in [0.15, 0.2) is 25.2 Å². The molecule has 6 heteroatoms. The van der Waals surface area contributed by atoms with Crippen molar-refractivity contribution >= 4 is 10.3 Å². The molecule has 1 aliphatic rings. The van der Waals surface area contributed by atoms with E-state index in [2.05, 4.69) is 6.58 Å². The summed E-state index contributed by atoms with van der Waals surface area (Å²) in [7, 11) is -4.17. The van der Waals surface area contributed by atoms with Gasteiger partial charge in [-0.3, -0.25) is 0 Å². The minimum absolute atomic E-state index is 0.191. The summed E-state index contributed by atoms with van der Waals surface area (Å²) in [5.41, 5.74) is 0. The minimum atomic E-state index is -4.17. The van der Waals surface area contributed by atoms with Crippen LogP contribution in [0.2, 0.25) is 0 Å². The van der Waals surface area contributed by atoms with Crippen molar-refractivity contribution in [2.24, 2.45) is 0 Å². The van der Waals surface area contributed by atoms with E-state index in [-0.39, 0.29) is 6.67 Å². The molecule has 5 nitrogen and oxygen atoms in total. The van der Waals surface area contributed by atoms with Crippen LogP contribution in [0.3, 0.4) is 0 Å². The SMILES string of the molecule is C=C[N+]1(S(=O)(=O)O)C=CN(CCC)C1. The normalized spacial score (nSPS) is 26.9. The van der Waals surface area contributed by atoms with Crippen LogP contribution in [-0.2, 0) is 10.3 Å². The summed E-state index contributed by atoms with van der Waals surface area (Å²) in [5, 5.41) is 0. The third-order valence-electron chi connectivity index (χ3n) is 2.18. The molecule has 0 saturated carbocycles. The topological polar surface area (TPSA) is 57.6 Å². The standard InChI is InChI=1S/C8H14N2O3S/c1-3-5-9-6-7-10(4-2,8-9)14(11,12)13/h4,6-7H,2-3,5,8H2,1H3/p+1. The first-order chi connectivity index (χ1) is 6.45. The van der Waals surface area contributed by atoms with E-state index in [0.29, 0.717) is 0 Å². The molecule has 1 N–H and O–H groups in total. The van der Waals surface area contributed by atoms with Gasteiger partial charge in [-0.25, -0.2) is 4.55 Å². The Morgan fingerprint density at radius 2 is 2.36 bits per heavy atom. The summed E-state index contributed by atoms with van der Waals surface area (Å²) >= 11 is 0. The molecule has 1 heterocycles. The largest absolute Gasteiger partial charge is 0.443 e. The van der Waals surface area contributed by atoms with Crippen LogP contribution < -0.4 is 0 Å². The molecule has 0 fully saturated rings. The molecule has 0 bridgehead atoms. The van der Waals surface area contributed by atoms with Crippen LogP contribution in [0, 0.1) is 0 Å². The third kappa shape index (κ3) is 1.82. The Morgan fingerprint density at radius 1 is 1.71 bits per heavy atom. The number of quaternary nitrogens is 1. The Labute approximate surface area is 84.4 Å². The predicted molar refractivity (Wildman–Crippen MR) is 53.0 cm³/mol. The van der Waals surface area contributed by atoms with Gasteiger partial charge in [-0.15, -0.1) is 12.3 Å². The molecule has 0 aromatic rings. The Hall–Kier alpha value is -0.850. The summed E-state index contributed by atoms with van der Waals surface area (Å²) in [6.45, 7) is 6.39. The van der Waals surface area contributed by atoms with Gasteiger partial charge >= 0.3 is 10.3 Å². The van der Waals surface area contributed by atoms with Gasteiger partial charge in [0.15, 0.2) is 6.67 Å². The summed E-state index contributed by atoms with van der Waals surface area (Å²) in [6.07, 6.45) is 5.21. The Balaban J connectivity index is 2.90. The number of hydrogen-bond acceptors (Lipinski definition) is 3. The molecule has 0 aromatic carbocycles. The molecule has 1 atom stereocenters. The van der Waals surface area contributed by atoms with Crippen LogP contribution in [0.1, 0.15) is 13.3 Å². The Kier molecular flexibility index (Phi) is 2.98. The molecule has 0 aromatic heterocycles. The van der Waals surface area contributed by atoms with Crippen molar-refractivity contribution in [3.05, 3.63) is 25.2 Å². The summed E-state index contributed by atoms with van der Waals surface area (Å²) in [4.78, 5) is 1.83. The maximum atomic E-state index is 11.1. The Bertz CT molecular complexity index is 350. The number of hydrogen-bond donors (Lipinski definition) is 1. The van der Waals surface area contributed by atoms with E-state index >= 15 is 0 Å². The van der Waals surface area contributed by atoms with Crippen molar-refractivity contribution in [1.29, 1.82) is 0 Å². The van der Waals surface area contributed by atoms with Crippen molar-refractivity contribution in [1.82, 2.24) is 4.90 Å². The highest BCUT2D eigenvalue weighted by Gasteiger charge is 2.41. The zero-order chi connectivity index (χ0) is 10.8. The lowest BCUT2D eigenvalue weighted by Crippen LogP contribution is -2.44. The minimum Gasteiger partial charge on any atom is -0.325 e. The van der Waals surface area contributed by atoms with Crippen molar-refractivity contribution < 1.29 is 16.9 Å². The van der Waals surface area contributed by atoms with E-state index < -0.39 is 14.2 Å². The van der Waals surface area contributed by atoms with Crippen molar-refractivity contribution in [2.75, 3.05) is 13.2 Å². The van der Waals surface area contributed by atoms with Gasteiger partial charge in [-0.2, -0.15) is 0 Å². The second kappa shape index (κ2) is 3.72. The van der Waals surface area contributed by atoms with E-state index in [1.54, 1.807) is 6.20 Å². The molecule has 1 rings (SSSR count). The molecule has 1 unspecified atom stereocenters. The fraction of sp³-hybridized carbons (Fsp3) is 0.500. The Morgan fingerprint density at radius 3 is 2.71 bits per heavy atom. The zero-order valence-electron chi connectivity index (χ0n) is 8.13. The van der Waals surface area contributed by atoms with Crippen molar-refractivity contribution in [3.63, 3.8) is 0 Å². The lowest BCUT2D eigenvalue weighted by Gasteiger charge is -2.23. The molecular weight excluding hydrogens is 204 g/mol. The van der Waals surface area contributed by atoms with Gasteiger partial charge in [0.25, 0.3) is 0 Å². The summed E-state index contributed by atoms with van der Waals surface area (Å²) in [5.74, 6) is 0. The van der Waals surface area contributed by atoms with Gasteiger partial charge in [0.2, 0.25) is 0 Å². The van der Waals surface area contributed by atoms with Gasteiger partial charge in [0, 0.05) is 6.54 Å². The van der Waals surface area contributed by atoms with E-state index in [9.17, 15) is 8.42 Å². The highest BCUT2D eigenvalue weighted by Crippen LogP contribution is 2.23. The first kappa shape index (κ1) is 11.2. The van der Waals surface area contributed by atoms with Gasteiger partial charge in [0.1, 0.15) is 12.4 Å². The van der Waals surface area contributed by atoms with Crippen LogP contribution in [0.5, 0.6) is 0 Å². The molecule has 0 radical (unpaired) electrons. The van der Waals surface area contributed by atoms with E-state index in [4.69, 9.17) is 4.55 Å². The molecule has 0 saturated heterocycles. The highest BCUT2D eigenvalue weighted by atomic mass is 32.2. The average molecular weight is 219 g/mol. The van der Waals surface area contributed by atoms with E-state index in [1.807, 2.05) is 11.8 Å². The van der Waals surface area contributed by atoms with E-state index in [1.165, 1.54) is 12.4 Å². The van der Waals surface area contributed by atoms with Crippen LogP contribution in [0.25, 0.3) is 0 Å². The van der Waals surface area contributed by atoms with Crippen molar-refractivity contribution in [2.45, 2.75) is 13.3 Å². The second-order valence-electron chi connectivity index (χ2n) is 3.24. The lowest BCUT2D eigenvalue weighted by atomic mass is 10.4. The molecule has 14 heavy (non-hydrogen) atoms. The van der Waals surface area contributed by atoms with E-state index in [0.717, 1.165) is 13.0 Å². The highest BCUT2D eigenvalue weighted by molar-refractivity contribution is 7.80. The summed E-state index contributed by atoms with van der Waals surface area (Å²) < 4.78 is 30.7. The molecule has 80 valence electrons. The quantitative estimate of drug-likeness (QED) is 0.564. The van der Waals surface area contributed by atoms with Gasteiger partial charge in [-0.05, 0) is 13.0 Å². The maximum absolute atomic E-state index is 11.1. The molecular formula is C8H15N2O3S+. The maximum Gasteiger partial charge on any atom is 0.443 e. The smallest absolute Gasteiger partial charge is 0.325 e. The first-order valence-electron chi connectivity index (χ1n) is 4.37. The van der Waals surface area contributed by atoms with Crippen LogP contribution in [0.4, 0.5) is 0 Å². The molecule has 1 aliphatic heterocycles. The average Bonchev–Trinajstić information content (AvgIpc) is 2.49. The van der Waals surface area contributed by atoms with Gasteiger partial charge in [0.05, 0.1) is 6.20 Å². The number of rotatable bonds is 4. The second-order valence-corrected chi connectivity index (χ2v) is 4.81. The van der Waals surface area contributed by atoms with Gasteiger partial charge < -0.3 is 4.90 Å². The monoisotopic (exact) mass is 219 g/mol. The third-order valence-corrected chi connectivity index (χ3v) is 3.43. The first-order valence-corrected chi connectivity index (χ1v) is 5.77. The van der Waals surface area contributed by atoms with Crippen LogP contribution >= 0.6 is 0 Å². The van der Waals surface area contributed by atoms with Crippen molar-refractivity contribution in [3.8, 4) is 0 Å². The molecule has 0 aliphatic carbocycles. The summed E-state index contributed by atoms with van der Waals surface area (Å²) in [6, 6.07) is 0. The molecule has 0 amide bonds.